The van der Waals surface area contributed by atoms with Crippen molar-refractivity contribution >= 4 is 38.9 Å². The van der Waals surface area contributed by atoms with Crippen LogP contribution in [0, 0.1) is 0 Å². The van der Waals surface area contributed by atoms with Gasteiger partial charge in [-0.05, 0) is 38.1 Å². The first kappa shape index (κ1) is 21.8. The third kappa shape index (κ3) is 5.27. The molecule has 0 aromatic heterocycles. The van der Waals surface area contributed by atoms with Crippen LogP contribution in [0.15, 0.2) is 47.4 Å². The predicted molar refractivity (Wildman–Crippen MR) is 106 cm³/mol. The lowest BCUT2D eigenvalue weighted by atomic mass is 10.3. The van der Waals surface area contributed by atoms with Gasteiger partial charge < -0.3 is 14.6 Å². The highest BCUT2D eigenvalue weighted by molar-refractivity contribution is 7.93. The fraction of sp³-hybridized carbons (Fsp3) is 0.333. The van der Waals surface area contributed by atoms with Crippen molar-refractivity contribution in [2.24, 2.45) is 0 Å². The summed E-state index contributed by atoms with van der Waals surface area (Å²) in [6.45, 7) is 4.16. The lowest BCUT2D eigenvalue weighted by molar-refractivity contribution is -0.128. The lowest BCUT2D eigenvalue weighted by Crippen LogP contribution is -2.40. The molecule has 0 saturated carbocycles. The van der Waals surface area contributed by atoms with Gasteiger partial charge in [-0.2, -0.15) is 0 Å². The first-order valence-corrected chi connectivity index (χ1v) is 10.5. The second-order valence-electron chi connectivity index (χ2n) is 5.45. The minimum atomic E-state index is -4.21. The summed E-state index contributed by atoms with van der Waals surface area (Å²) in [4.78, 5) is -0.393. The van der Waals surface area contributed by atoms with Crippen molar-refractivity contribution < 1.29 is 23.0 Å². The highest BCUT2D eigenvalue weighted by Gasteiger charge is 2.31. The van der Waals surface area contributed by atoms with Gasteiger partial charge >= 0.3 is 0 Å². The van der Waals surface area contributed by atoms with Crippen LogP contribution in [0.3, 0.4) is 0 Å². The molecule has 0 radical (unpaired) electrons. The average Bonchev–Trinajstić information content (AvgIpc) is 2.63. The van der Waals surface area contributed by atoms with Crippen molar-refractivity contribution in [2.75, 3.05) is 24.1 Å². The molecule has 0 unspecified atom stereocenters. The summed E-state index contributed by atoms with van der Waals surface area (Å²) in [6.07, 6.45) is -0.785. The van der Waals surface area contributed by atoms with Gasteiger partial charge in [0.1, 0.15) is 4.90 Å². The SMILES string of the molecule is CCOC(CN(c1ccccc1)S(=O)(=O)c1cc(Cl)cc(Cl)c1O)OCC. The predicted octanol–water partition coefficient (Wildman–Crippen LogP) is 4.29. The summed E-state index contributed by atoms with van der Waals surface area (Å²) < 4.78 is 38.8. The summed E-state index contributed by atoms with van der Waals surface area (Å²) in [6, 6.07) is 10.9. The number of ether oxygens (including phenoxy) is 2. The van der Waals surface area contributed by atoms with Gasteiger partial charge in [-0.1, -0.05) is 41.4 Å². The number of nitrogens with zero attached hydrogens (tertiary/aromatic N) is 1. The van der Waals surface area contributed by atoms with Crippen LogP contribution in [0.25, 0.3) is 0 Å². The molecule has 27 heavy (non-hydrogen) atoms. The Labute approximate surface area is 169 Å². The van der Waals surface area contributed by atoms with E-state index in [4.69, 9.17) is 32.7 Å². The summed E-state index contributed by atoms with van der Waals surface area (Å²) in [5.41, 5.74) is 0.386. The van der Waals surface area contributed by atoms with E-state index in [1.807, 2.05) is 0 Å². The number of phenolic OH excluding ortho intramolecular Hbond substituents is 1. The molecule has 2 aromatic carbocycles. The Morgan fingerprint density at radius 3 is 2.22 bits per heavy atom. The summed E-state index contributed by atoms with van der Waals surface area (Å²) in [5.74, 6) is -0.564. The van der Waals surface area contributed by atoms with E-state index in [1.54, 1.807) is 44.2 Å². The zero-order valence-electron chi connectivity index (χ0n) is 14.9. The molecule has 0 aliphatic heterocycles. The quantitative estimate of drug-likeness (QED) is 0.596. The number of rotatable bonds is 9. The van der Waals surface area contributed by atoms with Crippen LogP contribution in [-0.2, 0) is 19.5 Å². The number of phenols is 1. The molecule has 0 heterocycles. The van der Waals surface area contributed by atoms with E-state index in [0.717, 1.165) is 10.4 Å². The van der Waals surface area contributed by atoms with Crippen LogP contribution < -0.4 is 4.31 Å². The van der Waals surface area contributed by atoms with E-state index in [9.17, 15) is 13.5 Å². The van der Waals surface area contributed by atoms with Crippen LogP contribution in [0.4, 0.5) is 5.69 Å². The molecule has 0 saturated heterocycles. The minimum absolute atomic E-state index is 0.0931. The van der Waals surface area contributed by atoms with Crippen LogP contribution in [-0.4, -0.2) is 39.6 Å². The van der Waals surface area contributed by atoms with Crippen molar-refractivity contribution in [3.8, 4) is 5.75 Å². The van der Waals surface area contributed by atoms with Gasteiger partial charge in [0, 0.05) is 18.2 Å². The number of anilines is 1. The van der Waals surface area contributed by atoms with Crippen LogP contribution >= 0.6 is 23.2 Å². The Balaban J connectivity index is 2.55. The molecule has 2 rings (SSSR count). The van der Waals surface area contributed by atoms with Gasteiger partial charge in [-0.3, -0.25) is 4.31 Å². The van der Waals surface area contributed by atoms with Crippen molar-refractivity contribution in [1.82, 2.24) is 0 Å². The average molecular weight is 434 g/mol. The highest BCUT2D eigenvalue weighted by Crippen LogP contribution is 2.37. The molecule has 0 fully saturated rings. The molecule has 2 aromatic rings. The standard InChI is InChI=1S/C18H21Cl2NO5S/c1-3-25-17(26-4-2)12-21(14-8-6-5-7-9-14)27(23,24)16-11-13(19)10-15(20)18(16)22/h5-11,17,22H,3-4,12H2,1-2H3. The Hall–Kier alpha value is -1.51. The number of hydrogen-bond donors (Lipinski definition) is 1. The summed E-state index contributed by atoms with van der Waals surface area (Å²) >= 11 is 11.9. The summed E-state index contributed by atoms with van der Waals surface area (Å²) in [7, 11) is -4.21. The van der Waals surface area contributed by atoms with E-state index in [2.05, 4.69) is 0 Å². The normalized spacial score (nSPS) is 11.7. The molecular formula is C18H21Cl2NO5S. The van der Waals surface area contributed by atoms with Crippen molar-refractivity contribution in [3.63, 3.8) is 0 Å². The monoisotopic (exact) mass is 433 g/mol. The topological polar surface area (TPSA) is 76.1 Å². The first-order valence-electron chi connectivity index (χ1n) is 8.30. The van der Waals surface area contributed by atoms with E-state index >= 15 is 0 Å². The highest BCUT2D eigenvalue weighted by atomic mass is 35.5. The lowest BCUT2D eigenvalue weighted by Gasteiger charge is -2.29. The Morgan fingerprint density at radius 2 is 1.67 bits per heavy atom. The second kappa shape index (κ2) is 9.61. The summed E-state index contributed by atoms with van der Waals surface area (Å²) in [5, 5.41) is 10.2. The fourth-order valence-electron chi connectivity index (χ4n) is 2.45. The molecule has 0 spiro atoms. The number of hydrogen-bond acceptors (Lipinski definition) is 5. The number of halogens is 2. The third-order valence-electron chi connectivity index (χ3n) is 3.63. The van der Waals surface area contributed by atoms with Crippen molar-refractivity contribution in [2.45, 2.75) is 25.0 Å². The number of sulfonamides is 1. The van der Waals surface area contributed by atoms with Gasteiger partial charge in [-0.25, -0.2) is 8.42 Å². The third-order valence-corrected chi connectivity index (χ3v) is 5.94. The smallest absolute Gasteiger partial charge is 0.268 e. The van der Waals surface area contributed by atoms with Crippen LogP contribution in [0.1, 0.15) is 13.8 Å². The van der Waals surface area contributed by atoms with Gasteiger partial charge in [0.15, 0.2) is 12.0 Å². The molecule has 0 aliphatic carbocycles. The van der Waals surface area contributed by atoms with Gasteiger partial charge in [-0.15, -0.1) is 0 Å². The maximum atomic E-state index is 13.3. The number of aromatic hydroxyl groups is 1. The molecule has 6 nitrogen and oxygen atoms in total. The molecule has 0 aliphatic rings. The fourth-order valence-corrected chi connectivity index (χ4v) is 4.65. The molecular weight excluding hydrogens is 413 g/mol. The Kier molecular flexibility index (Phi) is 7.76. The molecule has 0 amide bonds. The molecule has 0 atom stereocenters. The zero-order valence-corrected chi connectivity index (χ0v) is 17.3. The van der Waals surface area contributed by atoms with E-state index in [-0.39, 0.29) is 16.6 Å². The number of benzene rings is 2. The van der Waals surface area contributed by atoms with Crippen LogP contribution in [0.2, 0.25) is 10.0 Å². The molecule has 9 heteroatoms. The van der Waals surface area contributed by atoms with E-state index in [0.29, 0.717) is 18.9 Å². The van der Waals surface area contributed by atoms with Gasteiger partial charge in [0.25, 0.3) is 10.0 Å². The first-order chi connectivity index (χ1) is 12.8. The molecule has 148 valence electrons. The maximum absolute atomic E-state index is 13.3. The van der Waals surface area contributed by atoms with E-state index in [1.165, 1.54) is 6.07 Å². The Morgan fingerprint density at radius 1 is 1.07 bits per heavy atom. The molecule has 0 bridgehead atoms. The molecule has 1 N–H and O–H groups in total. The minimum Gasteiger partial charge on any atom is -0.505 e. The van der Waals surface area contributed by atoms with Crippen molar-refractivity contribution in [3.05, 3.63) is 52.5 Å². The van der Waals surface area contributed by atoms with Gasteiger partial charge in [0.2, 0.25) is 0 Å². The second-order valence-corrected chi connectivity index (χ2v) is 8.12. The number of para-hydroxylation sites is 1. The van der Waals surface area contributed by atoms with Crippen molar-refractivity contribution in [1.29, 1.82) is 0 Å². The van der Waals surface area contributed by atoms with Gasteiger partial charge in [0.05, 0.1) is 17.3 Å². The van der Waals surface area contributed by atoms with Crippen LogP contribution in [0.5, 0.6) is 5.75 Å². The Bertz CT molecular complexity index is 856. The maximum Gasteiger partial charge on any atom is 0.268 e. The van der Waals surface area contributed by atoms with E-state index < -0.39 is 27.0 Å². The largest absolute Gasteiger partial charge is 0.505 e. The zero-order chi connectivity index (χ0) is 20.0.